The van der Waals surface area contributed by atoms with E-state index in [1.807, 2.05) is 18.2 Å². The number of anilines is 2. The topological polar surface area (TPSA) is 70.6 Å². The highest BCUT2D eigenvalue weighted by Crippen LogP contribution is 2.28. The first-order chi connectivity index (χ1) is 12.7. The quantitative estimate of drug-likeness (QED) is 0.882. The van der Waals surface area contributed by atoms with Gasteiger partial charge in [0.1, 0.15) is 11.4 Å². The van der Waals surface area contributed by atoms with Crippen LogP contribution < -0.4 is 19.9 Å². The first-order valence-electron chi connectivity index (χ1n) is 9.01. The first kappa shape index (κ1) is 16.6. The maximum atomic E-state index is 12.2. The Labute approximate surface area is 153 Å². The van der Waals surface area contributed by atoms with Gasteiger partial charge in [-0.1, -0.05) is 12.1 Å². The van der Waals surface area contributed by atoms with Crippen molar-refractivity contribution in [2.45, 2.75) is 18.9 Å². The minimum atomic E-state index is -0.108. The first-order valence-corrected chi connectivity index (χ1v) is 9.01. The zero-order valence-electron chi connectivity index (χ0n) is 14.9. The maximum absolute atomic E-state index is 12.2. The Morgan fingerprint density at radius 2 is 1.85 bits per heavy atom. The molecule has 1 saturated heterocycles. The molecule has 2 fully saturated rings. The maximum Gasteiger partial charge on any atom is 0.270 e. The van der Waals surface area contributed by atoms with Crippen molar-refractivity contribution < 1.29 is 9.53 Å². The standard InChI is InChI=1S/C19H23N5O2/c1-26-17-5-3-2-4-16(17)23-10-12-24(13-11-23)19-20-9-8-15(22-19)18(25)21-14-6-7-14/h2-5,8-9,14H,6-7,10-13H2,1H3,(H,21,25). The van der Waals surface area contributed by atoms with E-state index in [2.05, 4.69) is 31.2 Å². The Bertz CT molecular complexity index is 785. The summed E-state index contributed by atoms with van der Waals surface area (Å²) < 4.78 is 5.46. The zero-order valence-corrected chi connectivity index (χ0v) is 14.9. The Balaban J connectivity index is 1.42. The molecule has 1 aromatic heterocycles. The van der Waals surface area contributed by atoms with Crippen molar-refractivity contribution in [2.75, 3.05) is 43.1 Å². The van der Waals surface area contributed by atoms with Crippen molar-refractivity contribution in [1.82, 2.24) is 15.3 Å². The van der Waals surface area contributed by atoms with Gasteiger partial charge in [0.15, 0.2) is 0 Å². The van der Waals surface area contributed by atoms with Crippen LogP contribution in [0.25, 0.3) is 0 Å². The second-order valence-corrected chi connectivity index (χ2v) is 6.64. The van der Waals surface area contributed by atoms with Crippen molar-refractivity contribution >= 4 is 17.5 Å². The molecule has 2 aliphatic rings. The Hall–Kier alpha value is -2.83. The van der Waals surface area contributed by atoms with E-state index < -0.39 is 0 Å². The van der Waals surface area contributed by atoms with Gasteiger partial charge in [-0.25, -0.2) is 9.97 Å². The lowest BCUT2D eigenvalue weighted by Gasteiger charge is -2.36. The number of amides is 1. The summed E-state index contributed by atoms with van der Waals surface area (Å²) in [5.74, 6) is 1.40. The fraction of sp³-hybridized carbons (Fsp3) is 0.421. The molecule has 1 N–H and O–H groups in total. The van der Waals surface area contributed by atoms with E-state index in [4.69, 9.17) is 4.74 Å². The Morgan fingerprint density at radius 1 is 1.12 bits per heavy atom. The summed E-state index contributed by atoms with van der Waals surface area (Å²) in [7, 11) is 1.70. The van der Waals surface area contributed by atoms with Crippen LogP contribution in [0.3, 0.4) is 0 Å². The predicted octanol–water partition coefficient (Wildman–Crippen LogP) is 1.70. The van der Waals surface area contributed by atoms with E-state index >= 15 is 0 Å². The van der Waals surface area contributed by atoms with Gasteiger partial charge in [0, 0.05) is 38.4 Å². The van der Waals surface area contributed by atoms with Crippen molar-refractivity contribution in [3.05, 3.63) is 42.2 Å². The lowest BCUT2D eigenvalue weighted by molar-refractivity contribution is 0.0946. The number of benzene rings is 1. The highest BCUT2D eigenvalue weighted by molar-refractivity contribution is 5.92. The number of carbonyl (C=O) groups is 1. The van der Waals surface area contributed by atoms with Crippen molar-refractivity contribution in [3.63, 3.8) is 0 Å². The summed E-state index contributed by atoms with van der Waals surface area (Å²) in [5, 5.41) is 2.97. The SMILES string of the molecule is COc1ccccc1N1CCN(c2nccc(C(=O)NC3CC3)n2)CC1. The summed E-state index contributed by atoms with van der Waals surface area (Å²) in [6.07, 6.45) is 3.79. The van der Waals surface area contributed by atoms with Crippen LogP contribution >= 0.6 is 0 Å². The molecule has 1 saturated carbocycles. The van der Waals surface area contributed by atoms with Gasteiger partial charge in [-0.05, 0) is 31.0 Å². The molecule has 1 aromatic carbocycles. The second kappa shape index (κ2) is 7.19. The average molecular weight is 353 g/mol. The van der Waals surface area contributed by atoms with Crippen LogP contribution in [-0.2, 0) is 0 Å². The third-order valence-corrected chi connectivity index (χ3v) is 4.78. The molecule has 7 heteroatoms. The molecule has 1 amide bonds. The average Bonchev–Trinajstić information content (AvgIpc) is 3.52. The van der Waals surface area contributed by atoms with Gasteiger partial charge in [0.05, 0.1) is 12.8 Å². The third kappa shape index (κ3) is 3.56. The summed E-state index contributed by atoms with van der Waals surface area (Å²) in [6, 6.07) is 10.1. The number of para-hydroxylation sites is 2. The third-order valence-electron chi connectivity index (χ3n) is 4.78. The van der Waals surface area contributed by atoms with Gasteiger partial charge in [-0.3, -0.25) is 4.79 Å². The van der Waals surface area contributed by atoms with E-state index in [0.717, 1.165) is 50.5 Å². The lowest BCUT2D eigenvalue weighted by Crippen LogP contribution is -2.47. The zero-order chi connectivity index (χ0) is 17.9. The van der Waals surface area contributed by atoms with Crippen molar-refractivity contribution in [2.24, 2.45) is 0 Å². The molecule has 136 valence electrons. The summed E-state index contributed by atoms with van der Waals surface area (Å²) in [4.78, 5) is 25.5. The number of ether oxygens (including phenoxy) is 1. The predicted molar refractivity (Wildman–Crippen MR) is 99.9 cm³/mol. The number of nitrogens with zero attached hydrogens (tertiary/aromatic N) is 4. The molecule has 0 radical (unpaired) electrons. The number of hydrogen-bond donors (Lipinski definition) is 1. The number of nitrogens with one attached hydrogen (secondary N) is 1. The smallest absolute Gasteiger partial charge is 0.270 e. The second-order valence-electron chi connectivity index (χ2n) is 6.64. The minimum Gasteiger partial charge on any atom is -0.495 e. The number of rotatable bonds is 5. The molecule has 0 unspecified atom stereocenters. The summed E-state index contributed by atoms with van der Waals surface area (Å²) >= 11 is 0. The van der Waals surface area contributed by atoms with E-state index in [9.17, 15) is 4.79 Å². The van der Waals surface area contributed by atoms with Crippen LogP contribution in [0.5, 0.6) is 5.75 Å². The summed E-state index contributed by atoms with van der Waals surface area (Å²) in [6.45, 7) is 3.29. The Kier molecular flexibility index (Phi) is 4.60. The molecule has 2 heterocycles. The van der Waals surface area contributed by atoms with Gasteiger partial charge < -0.3 is 19.9 Å². The number of hydrogen-bond acceptors (Lipinski definition) is 6. The molecule has 26 heavy (non-hydrogen) atoms. The molecule has 0 bridgehead atoms. The largest absolute Gasteiger partial charge is 0.495 e. The number of methoxy groups -OCH3 is 1. The number of carbonyl (C=O) groups excluding carboxylic acids is 1. The van der Waals surface area contributed by atoms with Gasteiger partial charge in [0.25, 0.3) is 5.91 Å². The van der Waals surface area contributed by atoms with Gasteiger partial charge in [-0.2, -0.15) is 0 Å². The normalized spacial score (nSPS) is 17.1. The molecule has 0 spiro atoms. The molecular weight excluding hydrogens is 330 g/mol. The van der Waals surface area contributed by atoms with Gasteiger partial charge >= 0.3 is 0 Å². The molecule has 0 atom stereocenters. The van der Waals surface area contributed by atoms with Crippen LogP contribution in [0.15, 0.2) is 36.5 Å². The van der Waals surface area contributed by atoms with Crippen LogP contribution in [0, 0.1) is 0 Å². The van der Waals surface area contributed by atoms with Crippen LogP contribution in [0.2, 0.25) is 0 Å². The molecule has 4 rings (SSSR count). The highest BCUT2D eigenvalue weighted by atomic mass is 16.5. The number of piperazine rings is 1. The number of aromatic nitrogens is 2. The highest BCUT2D eigenvalue weighted by Gasteiger charge is 2.25. The minimum absolute atomic E-state index is 0.108. The van der Waals surface area contributed by atoms with Crippen molar-refractivity contribution in [1.29, 1.82) is 0 Å². The van der Waals surface area contributed by atoms with Crippen molar-refractivity contribution in [3.8, 4) is 5.75 Å². The monoisotopic (exact) mass is 353 g/mol. The molecular formula is C19H23N5O2. The van der Waals surface area contributed by atoms with Crippen LogP contribution in [0.1, 0.15) is 23.3 Å². The van der Waals surface area contributed by atoms with Crippen LogP contribution in [0.4, 0.5) is 11.6 Å². The van der Waals surface area contributed by atoms with Gasteiger partial charge in [-0.15, -0.1) is 0 Å². The molecule has 1 aliphatic heterocycles. The van der Waals surface area contributed by atoms with E-state index in [1.54, 1.807) is 19.4 Å². The fourth-order valence-corrected chi connectivity index (χ4v) is 3.15. The summed E-state index contributed by atoms with van der Waals surface area (Å²) in [5.41, 5.74) is 1.54. The molecule has 2 aromatic rings. The van der Waals surface area contributed by atoms with Gasteiger partial charge in [0.2, 0.25) is 5.95 Å². The Morgan fingerprint density at radius 3 is 2.58 bits per heavy atom. The van der Waals surface area contributed by atoms with E-state index in [0.29, 0.717) is 17.7 Å². The molecule has 1 aliphatic carbocycles. The lowest BCUT2D eigenvalue weighted by atomic mass is 10.2. The van der Waals surface area contributed by atoms with E-state index in [-0.39, 0.29) is 5.91 Å². The van der Waals surface area contributed by atoms with Crippen LogP contribution in [-0.4, -0.2) is 55.2 Å². The van der Waals surface area contributed by atoms with E-state index in [1.165, 1.54) is 0 Å². The molecule has 7 nitrogen and oxygen atoms in total. The fourth-order valence-electron chi connectivity index (χ4n) is 3.15.